The zero-order chi connectivity index (χ0) is 17.3. The molecule has 0 heterocycles. The molecular formula is C11H13Cl2F7O. The molecule has 1 nitrogen and oxygen atoms in total. The third-order valence-electron chi connectivity index (χ3n) is 3.08. The van der Waals surface area contributed by atoms with Crippen LogP contribution < -0.4 is 0 Å². The molecule has 0 amide bonds. The summed E-state index contributed by atoms with van der Waals surface area (Å²) in [4.78, 5) is 0. The van der Waals surface area contributed by atoms with E-state index < -0.39 is 34.4 Å². The first-order chi connectivity index (χ1) is 9.12. The maximum atomic E-state index is 14.0. The van der Waals surface area contributed by atoms with Crippen LogP contribution >= 0.6 is 23.2 Å². The molecule has 10 heteroatoms. The lowest BCUT2D eigenvalue weighted by Gasteiger charge is -2.43. The molecule has 0 spiro atoms. The Labute approximate surface area is 127 Å². The van der Waals surface area contributed by atoms with Gasteiger partial charge >= 0.3 is 22.4 Å². The van der Waals surface area contributed by atoms with E-state index in [4.69, 9.17) is 0 Å². The molecule has 0 N–H and O–H groups in total. The quantitative estimate of drug-likeness (QED) is 0.320. The summed E-state index contributed by atoms with van der Waals surface area (Å²) in [7, 11) is 0.653. The first-order valence-electron chi connectivity index (χ1n) is 5.48. The summed E-state index contributed by atoms with van der Waals surface area (Å²) in [5.74, 6) is -11.4. The van der Waals surface area contributed by atoms with Crippen molar-refractivity contribution in [3.63, 3.8) is 0 Å². The molecule has 0 saturated carbocycles. The van der Waals surface area contributed by atoms with Gasteiger partial charge in [0.25, 0.3) is 0 Å². The third-order valence-corrected chi connectivity index (χ3v) is 3.92. The highest BCUT2D eigenvalue weighted by Gasteiger charge is 2.82. The number of hydrogen-bond acceptors (Lipinski definition) is 1. The summed E-state index contributed by atoms with van der Waals surface area (Å²) in [6.45, 7) is 3.72. The topological polar surface area (TPSA) is 9.23 Å². The summed E-state index contributed by atoms with van der Waals surface area (Å²) in [6.07, 6.45) is 0.163. The SMILES string of the molecule is C=CCCC(C)(OC)C(F)(F)C(F)(F)C(F)(Cl)C(F)(F)Cl. The number of alkyl halides is 9. The van der Waals surface area contributed by atoms with Crippen LogP contribution in [0, 0.1) is 0 Å². The monoisotopic (exact) mass is 364 g/mol. The van der Waals surface area contributed by atoms with Gasteiger partial charge in [-0.15, -0.1) is 6.58 Å². The molecule has 2 unspecified atom stereocenters. The van der Waals surface area contributed by atoms with Gasteiger partial charge in [0.2, 0.25) is 0 Å². The van der Waals surface area contributed by atoms with E-state index in [0.717, 1.165) is 6.08 Å². The Morgan fingerprint density at radius 3 is 1.71 bits per heavy atom. The van der Waals surface area contributed by atoms with E-state index in [1.165, 1.54) is 0 Å². The lowest BCUT2D eigenvalue weighted by atomic mass is 9.85. The molecule has 0 aliphatic heterocycles. The Bertz CT molecular complexity index is 381. The van der Waals surface area contributed by atoms with Gasteiger partial charge in [-0.3, -0.25) is 0 Å². The lowest BCUT2D eigenvalue weighted by molar-refractivity contribution is -0.334. The standard InChI is InChI=1S/C11H13Cl2F7O/c1-4-5-6-7(2,21-3)9(15,16)10(17,18)8(12,14)11(13,19)20/h4H,1,5-6H2,2-3H3. The molecule has 0 aliphatic carbocycles. The van der Waals surface area contributed by atoms with Crippen molar-refractivity contribution in [3.8, 4) is 0 Å². The number of halogens is 9. The Morgan fingerprint density at radius 2 is 1.43 bits per heavy atom. The molecule has 126 valence electrons. The molecule has 0 bridgehead atoms. The van der Waals surface area contributed by atoms with E-state index in [9.17, 15) is 30.7 Å². The Kier molecular flexibility index (Phi) is 6.06. The van der Waals surface area contributed by atoms with Gasteiger partial charge in [-0.25, -0.2) is 4.39 Å². The minimum atomic E-state index is -6.02. The predicted molar refractivity (Wildman–Crippen MR) is 65.2 cm³/mol. The Balaban J connectivity index is 5.90. The van der Waals surface area contributed by atoms with Gasteiger partial charge in [0.05, 0.1) is 0 Å². The highest BCUT2D eigenvalue weighted by Crippen LogP contribution is 2.59. The number of rotatable bonds is 8. The van der Waals surface area contributed by atoms with E-state index in [-0.39, 0.29) is 6.42 Å². The Morgan fingerprint density at radius 1 is 1.00 bits per heavy atom. The van der Waals surface area contributed by atoms with E-state index in [2.05, 4.69) is 34.5 Å². The van der Waals surface area contributed by atoms with Crippen LogP contribution in [0.4, 0.5) is 30.7 Å². The van der Waals surface area contributed by atoms with Gasteiger partial charge in [0.1, 0.15) is 5.60 Å². The third kappa shape index (κ3) is 3.27. The average Bonchev–Trinajstić information content (AvgIpc) is 2.33. The van der Waals surface area contributed by atoms with Crippen molar-refractivity contribution in [2.75, 3.05) is 7.11 Å². The second kappa shape index (κ2) is 6.12. The van der Waals surface area contributed by atoms with Crippen LogP contribution in [0.3, 0.4) is 0 Å². The van der Waals surface area contributed by atoms with Crippen LogP contribution in [0.5, 0.6) is 0 Å². The molecule has 0 aromatic heterocycles. The van der Waals surface area contributed by atoms with Crippen LogP contribution in [0.25, 0.3) is 0 Å². The molecule has 0 aromatic rings. The van der Waals surface area contributed by atoms with Gasteiger partial charge in [-0.05, 0) is 31.4 Å². The number of hydrogen-bond donors (Lipinski definition) is 0. The first-order valence-corrected chi connectivity index (χ1v) is 6.24. The number of ether oxygens (including phenoxy) is 1. The fourth-order valence-corrected chi connectivity index (χ4v) is 1.71. The van der Waals surface area contributed by atoms with Gasteiger partial charge in [-0.1, -0.05) is 17.7 Å². The van der Waals surface area contributed by atoms with Crippen molar-refractivity contribution in [2.24, 2.45) is 0 Å². The van der Waals surface area contributed by atoms with Gasteiger partial charge in [-0.2, -0.15) is 26.3 Å². The van der Waals surface area contributed by atoms with Crippen molar-refractivity contribution in [1.82, 2.24) is 0 Å². The second-order valence-corrected chi connectivity index (χ2v) is 5.48. The molecule has 0 aromatic carbocycles. The highest BCUT2D eigenvalue weighted by molar-refractivity contribution is 6.33. The smallest absolute Gasteiger partial charge is 0.372 e. The first kappa shape index (κ1) is 20.8. The van der Waals surface area contributed by atoms with Crippen molar-refractivity contribution in [3.05, 3.63) is 12.7 Å². The molecule has 0 aliphatic rings. The van der Waals surface area contributed by atoms with E-state index in [0.29, 0.717) is 14.0 Å². The summed E-state index contributed by atoms with van der Waals surface area (Å²) in [5.41, 5.74) is -2.97. The van der Waals surface area contributed by atoms with Crippen LogP contribution in [-0.2, 0) is 4.74 Å². The molecule has 21 heavy (non-hydrogen) atoms. The predicted octanol–water partition coefficient (Wildman–Crippen LogP) is 5.36. The summed E-state index contributed by atoms with van der Waals surface area (Å²) in [6, 6.07) is 0. The zero-order valence-corrected chi connectivity index (χ0v) is 12.5. The Hall–Kier alpha value is -0.210. The van der Waals surface area contributed by atoms with Crippen LogP contribution in [0.15, 0.2) is 12.7 Å². The molecule has 2 atom stereocenters. The van der Waals surface area contributed by atoms with Crippen molar-refractivity contribution >= 4 is 23.2 Å². The largest absolute Gasteiger partial charge is 0.375 e. The molecule has 0 fully saturated rings. The fraction of sp³-hybridized carbons (Fsp3) is 0.818. The highest BCUT2D eigenvalue weighted by atomic mass is 35.5. The van der Waals surface area contributed by atoms with Crippen LogP contribution in [0.1, 0.15) is 19.8 Å². The number of allylic oxidation sites excluding steroid dienone is 1. The van der Waals surface area contributed by atoms with Crippen LogP contribution in [0.2, 0.25) is 0 Å². The van der Waals surface area contributed by atoms with Gasteiger partial charge < -0.3 is 4.74 Å². The van der Waals surface area contributed by atoms with Crippen molar-refractivity contribution in [2.45, 2.75) is 47.7 Å². The maximum absolute atomic E-state index is 14.0. The zero-order valence-electron chi connectivity index (χ0n) is 11.0. The van der Waals surface area contributed by atoms with E-state index >= 15 is 0 Å². The summed E-state index contributed by atoms with van der Waals surface area (Å²) >= 11 is 8.43. The van der Waals surface area contributed by atoms with Crippen molar-refractivity contribution in [1.29, 1.82) is 0 Å². The maximum Gasteiger partial charge on any atom is 0.375 e. The summed E-state index contributed by atoms with van der Waals surface area (Å²) < 4.78 is 98.3. The second-order valence-electron chi connectivity index (χ2n) is 4.48. The minimum Gasteiger partial charge on any atom is -0.372 e. The summed E-state index contributed by atoms with van der Waals surface area (Å²) in [5, 5.41) is -11.0. The van der Waals surface area contributed by atoms with E-state index in [1.54, 1.807) is 0 Å². The average molecular weight is 365 g/mol. The fourth-order valence-electron chi connectivity index (χ4n) is 1.47. The molecular weight excluding hydrogens is 352 g/mol. The van der Waals surface area contributed by atoms with Crippen LogP contribution in [-0.4, -0.2) is 35.1 Å². The molecule has 0 saturated heterocycles. The number of methoxy groups -OCH3 is 1. The lowest BCUT2D eigenvalue weighted by Crippen LogP contribution is -2.67. The van der Waals surface area contributed by atoms with Crippen molar-refractivity contribution < 1.29 is 35.5 Å². The van der Waals surface area contributed by atoms with Gasteiger partial charge in [0.15, 0.2) is 0 Å². The molecule has 0 radical (unpaired) electrons. The van der Waals surface area contributed by atoms with E-state index in [1.807, 2.05) is 0 Å². The molecule has 0 rings (SSSR count). The van der Waals surface area contributed by atoms with Gasteiger partial charge in [0, 0.05) is 7.11 Å². The minimum absolute atomic E-state index is 0.213. The normalized spacial score (nSPS) is 19.8.